The van der Waals surface area contributed by atoms with E-state index in [1.54, 1.807) is 6.26 Å². The molecule has 0 amide bonds. The monoisotopic (exact) mass is 296 g/mol. The molecule has 0 aromatic heterocycles. The van der Waals surface area contributed by atoms with Gasteiger partial charge in [-0.1, -0.05) is 0 Å². The van der Waals surface area contributed by atoms with E-state index in [0.717, 1.165) is 0 Å². The molecule has 0 saturated heterocycles. The molecule has 0 aliphatic heterocycles. The summed E-state index contributed by atoms with van der Waals surface area (Å²) in [6, 6.07) is -0.680. The highest BCUT2D eigenvalue weighted by Gasteiger charge is 2.30. The molecule has 3 N–H and O–H groups in total. The summed E-state index contributed by atoms with van der Waals surface area (Å²) in [5, 5.41) is 8.48. The Hall–Kier alpha value is -0.0300. The molecular weight excluding hydrogens is 281 g/mol. The highest BCUT2D eigenvalue weighted by atomic mass is 32.2. The molecule has 0 saturated carbocycles. The van der Waals surface area contributed by atoms with Crippen LogP contribution in [0.25, 0.3) is 0 Å². The number of rotatable bonds is 7. The Kier molecular flexibility index (Phi) is 6.77. The van der Waals surface area contributed by atoms with E-state index in [0.29, 0.717) is 0 Å². The predicted molar refractivity (Wildman–Crippen MR) is 60.0 cm³/mol. The Labute approximate surface area is 102 Å². The molecular formula is C7H15F3N2O3S2. The van der Waals surface area contributed by atoms with E-state index < -0.39 is 34.2 Å². The fourth-order valence-corrected chi connectivity index (χ4v) is 2.78. The van der Waals surface area contributed by atoms with Gasteiger partial charge >= 0.3 is 6.18 Å². The number of nitrogens with one attached hydrogen (secondary N) is 2. The molecule has 0 aromatic carbocycles. The Morgan fingerprint density at radius 2 is 1.94 bits per heavy atom. The van der Waals surface area contributed by atoms with Crippen molar-refractivity contribution < 1.29 is 26.7 Å². The summed E-state index contributed by atoms with van der Waals surface area (Å²) in [7, 11) is -4.22. The van der Waals surface area contributed by atoms with Crippen molar-refractivity contribution in [3.8, 4) is 0 Å². The topological polar surface area (TPSA) is 78.4 Å². The van der Waals surface area contributed by atoms with E-state index in [4.69, 9.17) is 5.11 Å². The van der Waals surface area contributed by atoms with Crippen molar-refractivity contribution in [2.75, 3.05) is 19.4 Å². The van der Waals surface area contributed by atoms with E-state index >= 15 is 0 Å². The molecule has 0 aliphatic carbocycles. The standard InChI is InChI=1S/C7H15F3N2O3S2/c1-5(6(3-13)16-2)12-17(14,15)11-4-7(8,9)10/h5-6,11-13H,3-4H2,1-2H3. The molecule has 0 radical (unpaired) electrons. The summed E-state index contributed by atoms with van der Waals surface area (Å²) >= 11 is 1.22. The number of alkyl halides is 3. The Bertz CT molecular complexity index is 317. The molecule has 10 heteroatoms. The number of hydrogen-bond acceptors (Lipinski definition) is 4. The zero-order chi connectivity index (χ0) is 13.7. The fraction of sp³-hybridized carbons (Fsp3) is 1.00. The summed E-state index contributed by atoms with van der Waals surface area (Å²) in [4.78, 5) is 0. The molecule has 0 spiro atoms. The van der Waals surface area contributed by atoms with Crippen LogP contribution in [0.15, 0.2) is 0 Å². The largest absolute Gasteiger partial charge is 0.402 e. The molecule has 0 bridgehead atoms. The summed E-state index contributed by atoms with van der Waals surface area (Å²) in [5.41, 5.74) is 0. The van der Waals surface area contributed by atoms with Crippen LogP contribution in [0.3, 0.4) is 0 Å². The zero-order valence-electron chi connectivity index (χ0n) is 9.28. The van der Waals surface area contributed by atoms with Crippen molar-refractivity contribution in [3.63, 3.8) is 0 Å². The van der Waals surface area contributed by atoms with Crippen molar-refractivity contribution >= 4 is 22.0 Å². The Morgan fingerprint density at radius 1 is 1.41 bits per heavy atom. The minimum atomic E-state index is -4.60. The van der Waals surface area contributed by atoms with E-state index in [2.05, 4.69) is 0 Å². The molecule has 0 aliphatic rings. The smallest absolute Gasteiger partial charge is 0.395 e. The third-order valence-corrected chi connectivity index (χ3v) is 4.21. The molecule has 5 nitrogen and oxygen atoms in total. The van der Waals surface area contributed by atoms with Gasteiger partial charge in [-0.3, -0.25) is 0 Å². The third kappa shape index (κ3) is 7.82. The minimum absolute atomic E-state index is 0.274. The van der Waals surface area contributed by atoms with Crippen LogP contribution < -0.4 is 9.44 Å². The normalized spacial score (nSPS) is 16.8. The van der Waals surface area contributed by atoms with Crippen LogP contribution in [0.1, 0.15) is 6.92 Å². The van der Waals surface area contributed by atoms with Gasteiger partial charge in [-0.05, 0) is 13.2 Å². The van der Waals surface area contributed by atoms with Gasteiger partial charge in [0.1, 0.15) is 6.54 Å². The van der Waals surface area contributed by atoms with Crippen molar-refractivity contribution in [2.45, 2.75) is 24.4 Å². The maximum atomic E-state index is 11.8. The second-order valence-electron chi connectivity index (χ2n) is 3.30. The first-order valence-corrected chi connectivity index (χ1v) is 7.35. The van der Waals surface area contributed by atoms with Crippen LogP contribution in [-0.4, -0.2) is 50.4 Å². The molecule has 2 unspecified atom stereocenters. The minimum Gasteiger partial charge on any atom is -0.395 e. The highest BCUT2D eigenvalue weighted by Crippen LogP contribution is 2.13. The van der Waals surface area contributed by atoms with Gasteiger partial charge in [-0.25, -0.2) is 0 Å². The second kappa shape index (κ2) is 6.78. The highest BCUT2D eigenvalue weighted by molar-refractivity contribution is 7.99. The van der Waals surface area contributed by atoms with Crippen molar-refractivity contribution in [1.82, 2.24) is 9.44 Å². The average Bonchev–Trinajstić information content (AvgIpc) is 2.15. The van der Waals surface area contributed by atoms with Crippen LogP contribution in [0, 0.1) is 0 Å². The van der Waals surface area contributed by atoms with Crippen LogP contribution in [0.4, 0.5) is 13.2 Å². The number of thioether (sulfide) groups is 1. The van der Waals surface area contributed by atoms with Crippen LogP contribution >= 0.6 is 11.8 Å². The SMILES string of the molecule is CSC(CO)C(C)NS(=O)(=O)NCC(F)(F)F. The number of aliphatic hydroxyl groups is 1. The van der Waals surface area contributed by atoms with Gasteiger partial charge in [-0.2, -0.15) is 42.8 Å². The quantitative estimate of drug-likeness (QED) is 0.622. The predicted octanol–water partition coefficient (Wildman–Crippen LogP) is 0.0851. The van der Waals surface area contributed by atoms with E-state index in [-0.39, 0.29) is 6.61 Å². The lowest BCUT2D eigenvalue weighted by molar-refractivity contribution is -0.121. The zero-order valence-corrected chi connectivity index (χ0v) is 10.9. The lowest BCUT2D eigenvalue weighted by atomic mass is 10.3. The molecule has 104 valence electrons. The van der Waals surface area contributed by atoms with Gasteiger partial charge in [0, 0.05) is 11.3 Å². The maximum Gasteiger partial charge on any atom is 0.402 e. The Morgan fingerprint density at radius 3 is 2.29 bits per heavy atom. The number of halogens is 3. The number of hydrogen-bond donors (Lipinski definition) is 3. The second-order valence-corrected chi connectivity index (χ2v) is 5.91. The van der Waals surface area contributed by atoms with Gasteiger partial charge in [0.2, 0.25) is 0 Å². The van der Waals surface area contributed by atoms with E-state index in [1.165, 1.54) is 23.4 Å². The fourth-order valence-electron chi connectivity index (χ4n) is 0.976. The van der Waals surface area contributed by atoms with E-state index in [1.807, 2.05) is 4.72 Å². The average molecular weight is 296 g/mol. The lowest BCUT2D eigenvalue weighted by Gasteiger charge is -2.21. The van der Waals surface area contributed by atoms with Crippen LogP contribution in [0.2, 0.25) is 0 Å². The van der Waals surface area contributed by atoms with E-state index in [9.17, 15) is 21.6 Å². The first-order valence-electron chi connectivity index (χ1n) is 4.58. The van der Waals surface area contributed by atoms with Gasteiger partial charge in [-0.15, -0.1) is 0 Å². The number of aliphatic hydroxyl groups excluding tert-OH is 1. The van der Waals surface area contributed by atoms with Crippen LogP contribution in [0.5, 0.6) is 0 Å². The summed E-state index contributed by atoms with van der Waals surface area (Å²) in [6.45, 7) is -0.438. The first-order chi connectivity index (χ1) is 7.61. The van der Waals surface area contributed by atoms with Gasteiger partial charge < -0.3 is 5.11 Å². The maximum absolute atomic E-state index is 11.8. The molecule has 0 fully saturated rings. The van der Waals surface area contributed by atoms with Crippen molar-refractivity contribution in [2.24, 2.45) is 0 Å². The Balaban J connectivity index is 4.35. The molecule has 2 atom stereocenters. The summed E-state index contributed by atoms with van der Waals surface area (Å²) in [6.07, 6.45) is -2.94. The van der Waals surface area contributed by atoms with Crippen molar-refractivity contribution in [1.29, 1.82) is 0 Å². The third-order valence-electron chi connectivity index (χ3n) is 1.84. The summed E-state index contributed by atoms with van der Waals surface area (Å²) < 4.78 is 61.3. The van der Waals surface area contributed by atoms with Gasteiger partial charge in [0.05, 0.1) is 6.61 Å². The summed E-state index contributed by atoms with van der Waals surface area (Å²) in [5.74, 6) is 0. The molecule has 17 heavy (non-hydrogen) atoms. The molecule has 0 rings (SSSR count). The van der Waals surface area contributed by atoms with Crippen LogP contribution in [-0.2, 0) is 10.2 Å². The first kappa shape index (κ1) is 17.0. The van der Waals surface area contributed by atoms with Crippen molar-refractivity contribution in [3.05, 3.63) is 0 Å². The molecule has 0 aromatic rings. The lowest BCUT2D eigenvalue weighted by Crippen LogP contribution is -2.48. The van der Waals surface area contributed by atoms with Gasteiger partial charge in [0.15, 0.2) is 0 Å². The molecule has 0 heterocycles. The van der Waals surface area contributed by atoms with Gasteiger partial charge in [0.25, 0.3) is 10.2 Å².